The van der Waals surface area contributed by atoms with Gasteiger partial charge in [-0.1, -0.05) is 30.3 Å². The Kier molecular flexibility index (Phi) is 4.58. The maximum absolute atomic E-state index is 13.0. The zero-order valence-electron chi connectivity index (χ0n) is 15.2. The lowest BCUT2D eigenvalue weighted by atomic mass is 10.2. The standard InChI is InChI=1S/C22H19N3OS2/c26-22(25-13-12-16(14-25)23-15-6-2-1-3-7-15)20-11-10-19(27-20)21-24-17-8-4-5-9-18(17)28-21/h1-11,16,23H,12-14H2. The molecule has 0 bridgehead atoms. The average Bonchev–Trinajstić information content (AvgIpc) is 3.47. The van der Waals surface area contributed by atoms with Crippen molar-refractivity contribution < 1.29 is 4.79 Å². The predicted molar refractivity (Wildman–Crippen MR) is 117 cm³/mol. The van der Waals surface area contributed by atoms with Crippen molar-refractivity contribution in [1.29, 1.82) is 0 Å². The van der Waals surface area contributed by atoms with Crippen molar-refractivity contribution >= 4 is 44.5 Å². The molecule has 1 saturated heterocycles. The Balaban J connectivity index is 1.28. The lowest BCUT2D eigenvalue weighted by Gasteiger charge is -2.17. The summed E-state index contributed by atoms with van der Waals surface area (Å²) in [4.78, 5) is 21.5. The molecule has 1 fully saturated rings. The van der Waals surface area contributed by atoms with Crippen molar-refractivity contribution in [2.45, 2.75) is 12.5 Å². The summed E-state index contributed by atoms with van der Waals surface area (Å²) >= 11 is 3.21. The number of hydrogen-bond donors (Lipinski definition) is 1. The number of carbonyl (C=O) groups excluding carboxylic acids is 1. The molecule has 140 valence electrons. The molecule has 0 spiro atoms. The van der Waals surface area contributed by atoms with Gasteiger partial charge < -0.3 is 10.2 Å². The van der Waals surface area contributed by atoms with Crippen molar-refractivity contribution in [3.63, 3.8) is 0 Å². The van der Waals surface area contributed by atoms with Gasteiger partial charge in [-0.3, -0.25) is 4.79 Å². The molecule has 4 aromatic rings. The molecule has 2 aromatic heterocycles. The molecule has 0 aliphatic carbocycles. The molecule has 1 aliphatic rings. The van der Waals surface area contributed by atoms with Crippen LogP contribution in [-0.2, 0) is 0 Å². The van der Waals surface area contributed by atoms with E-state index in [-0.39, 0.29) is 5.91 Å². The summed E-state index contributed by atoms with van der Waals surface area (Å²) < 4.78 is 1.17. The van der Waals surface area contributed by atoms with Gasteiger partial charge in [-0.25, -0.2) is 4.98 Å². The summed E-state index contributed by atoms with van der Waals surface area (Å²) in [6, 6.07) is 22.6. The molecule has 3 heterocycles. The summed E-state index contributed by atoms with van der Waals surface area (Å²) in [6.07, 6.45) is 0.969. The zero-order chi connectivity index (χ0) is 18.9. The molecule has 5 rings (SSSR count). The fraction of sp³-hybridized carbons (Fsp3) is 0.182. The Bertz CT molecular complexity index is 1090. The number of nitrogens with zero attached hydrogens (tertiary/aromatic N) is 2. The van der Waals surface area contributed by atoms with Crippen LogP contribution in [0.3, 0.4) is 0 Å². The fourth-order valence-corrected chi connectivity index (χ4v) is 5.53. The van der Waals surface area contributed by atoms with Crippen LogP contribution in [0.4, 0.5) is 5.69 Å². The van der Waals surface area contributed by atoms with Crippen LogP contribution in [0.25, 0.3) is 20.1 Å². The number of thiophene rings is 1. The van der Waals surface area contributed by atoms with E-state index in [2.05, 4.69) is 23.5 Å². The number of carbonyl (C=O) groups is 1. The molecule has 0 saturated carbocycles. The van der Waals surface area contributed by atoms with E-state index < -0.39 is 0 Å². The van der Waals surface area contributed by atoms with Gasteiger partial charge in [-0.05, 0) is 42.8 Å². The van der Waals surface area contributed by atoms with E-state index in [0.29, 0.717) is 6.04 Å². The van der Waals surface area contributed by atoms with Gasteiger partial charge in [0, 0.05) is 24.8 Å². The number of aromatic nitrogens is 1. The van der Waals surface area contributed by atoms with Crippen LogP contribution in [0.5, 0.6) is 0 Å². The van der Waals surface area contributed by atoms with Gasteiger partial charge in [0.15, 0.2) is 0 Å². The number of benzene rings is 2. The van der Waals surface area contributed by atoms with E-state index in [0.717, 1.165) is 45.5 Å². The van der Waals surface area contributed by atoms with Crippen LogP contribution in [-0.4, -0.2) is 34.9 Å². The molecule has 1 amide bonds. The molecular weight excluding hydrogens is 386 g/mol. The van der Waals surface area contributed by atoms with Gasteiger partial charge in [-0.2, -0.15) is 0 Å². The predicted octanol–water partition coefficient (Wildman–Crippen LogP) is 5.35. The third kappa shape index (κ3) is 3.41. The lowest BCUT2D eigenvalue weighted by Crippen LogP contribution is -2.31. The van der Waals surface area contributed by atoms with E-state index >= 15 is 0 Å². The van der Waals surface area contributed by atoms with Gasteiger partial charge in [0.2, 0.25) is 0 Å². The van der Waals surface area contributed by atoms with E-state index in [9.17, 15) is 4.79 Å². The van der Waals surface area contributed by atoms with E-state index in [1.54, 1.807) is 11.3 Å². The second-order valence-electron chi connectivity index (χ2n) is 6.90. The minimum atomic E-state index is 0.120. The van der Waals surface area contributed by atoms with Crippen molar-refractivity contribution in [3.05, 3.63) is 71.6 Å². The maximum Gasteiger partial charge on any atom is 0.264 e. The summed E-state index contributed by atoms with van der Waals surface area (Å²) in [5.74, 6) is 0.120. The number of likely N-dealkylation sites (tertiary alicyclic amines) is 1. The summed E-state index contributed by atoms with van der Waals surface area (Å²) in [5, 5.41) is 4.51. The quantitative estimate of drug-likeness (QED) is 0.498. The van der Waals surface area contributed by atoms with Crippen LogP contribution in [0.15, 0.2) is 66.7 Å². The zero-order valence-corrected chi connectivity index (χ0v) is 16.8. The van der Waals surface area contributed by atoms with Crippen LogP contribution < -0.4 is 5.32 Å². The van der Waals surface area contributed by atoms with Gasteiger partial charge in [0.1, 0.15) is 5.01 Å². The van der Waals surface area contributed by atoms with Gasteiger partial charge in [-0.15, -0.1) is 22.7 Å². The number of rotatable bonds is 4. The summed E-state index contributed by atoms with van der Waals surface area (Å²) in [7, 11) is 0. The first-order chi connectivity index (χ1) is 13.8. The number of anilines is 1. The molecule has 2 aromatic carbocycles. The van der Waals surface area contributed by atoms with Gasteiger partial charge in [0.05, 0.1) is 20.0 Å². The smallest absolute Gasteiger partial charge is 0.264 e. The van der Waals surface area contributed by atoms with E-state index in [1.165, 1.54) is 16.0 Å². The Labute approximate surface area is 171 Å². The number of hydrogen-bond acceptors (Lipinski definition) is 5. The third-order valence-electron chi connectivity index (χ3n) is 4.94. The van der Waals surface area contributed by atoms with Crippen LogP contribution in [0.1, 0.15) is 16.1 Å². The molecule has 6 heteroatoms. The monoisotopic (exact) mass is 405 g/mol. The lowest BCUT2D eigenvalue weighted by molar-refractivity contribution is 0.0796. The molecule has 1 aliphatic heterocycles. The van der Waals surface area contributed by atoms with Crippen LogP contribution in [0.2, 0.25) is 0 Å². The van der Waals surface area contributed by atoms with Crippen molar-refractivity contribution in [3.8, 4) is 9.88 Å². The molecule has 1 N–H and O–H groups in total. The number of thiazole rings is 1. The fourth-order valence-electron chi connectivity index (χ4n) is 3.53. The first-order valence-electron chi connectivity index (χ1n) is 9.33. The van der Waals surface area contributed by atoms with Crippen molar-refractivity contribution in [1.82, 2.24) is 9.88 Å². The SMILES string of the molecule is O=C(c1ccc(-c2nc3ccccc3s2)s1)N1CCC(Nc2ccccc2)C1. The average molecular weight is 406 g/mol. The number of nitrogens with one attached hydrogen (secondary N) is 1. The topological polar surface area (TPSA) is 45.2 Å². The van der Waals surface area contributed by atoms with Gasteiger partial charge in [0.25, 0.3) is 5.91 Å². The minimum Gasteiger partial charge on any atom is -0.380 e. The second kappa shape index (κ2) is 7.37. The van der Waals surface area contributed by atoms with Gasteiger partial charge >= 0.3 is 0 Å². The third-order valence-corrected chi connectivity index (χ3v) is 7.22. The summed E-state index contributed by atoms with van der Waals surface area (Å²) in [5.41, 5.74) is 2.12. The highest BCUT2D eigenvalue weighted by Crippen LogP contribution is 2.35. The van der Waals surface area contributed by atoms with E-state index in [4.69, 9.17) is 4.98 Å². The molecule has 1 atom stereocenters. The number of para-hydroxylation sites is 2. The highest BCUT2D eigenvalue weighted by Gasteiger charge is 2.28. The minimum absolute atomic E-state index is 0.120. The highest BCUT2D eigenvalue weighted by atomic mass is 32.1. The molecule has 0 radical (unpaired) electrons. The molecular formula is C22H19N3OS2. The number of fused-ring (bicyclic) bond motifs is 1. The number of amides is 1. The highest BCUT2D eigenvalue weighted by molar-refractivity contribution is 7.26. The Morgan fingerprint density at radius 1 is 1.00 bits per heavy atom. The second-order valence-corrected chi connectivity index (χ2v) is 9.01. The first-order valence-corrected chi connectivity index (χ1v) is 11.0. The summed E-state index contributed by atoms with van der Waals surface area (Å²) in [6.45, 7) is 1.53. The maximum atomic E-state index is 13.0. The first kappa shape index (κ1) is 17.4. The largest absolute Gasteiger partial charge is 0.380 e. The van der Waals surface area contributed by atoms with Crippen LogP contribution >= 0.6 is 22.7 Å². The van der Waals surface area contributed by atoms with Crippen molar-refractivity contribution in [2.24, 2.45) is 0 Å². The van der Waals surface area contributed by atoms with E-state index in [1.807, 2.05) is 53.4 Å². The Morgan fingerprint density at radius 2 is 1.82 bits per heavy atom. The Morgan fingerprint density at radius 3 is 2.68 bits per heavy atom. The molecule has 1 unspecified atom stereocenters. The molecule has 4 nitrogen and oxygen atoms in total. The Hall–Kier alpha value is -2.70. The van der Waals surface area contributed by atoms with Crippen molar-refractivity contribution in [2.75, 3.05) is 18.4 Å². The molecule has 28 heavy (non-hydrogen) atoms. The van der Waals surface area contributed by atoms with Crippen LogP contribution in [0, 0.1) is 0 Å². The normalized spacial score (nSPS) is 16.6.